The second kappa shape index (κ2) is 3.42. The standard InChI is InChI=1S/C7H7ClO2/c8-7(9)5-6-1-3-10-4-2-6/h1-3H,4-5H2. The molecule has 0 radical (unpaired) electrons. The summed E-state index contributed by atoms with van der Waals surface area (Å²) in [6.45, 7) is 0.538. The van der Waals surface area contributed by atoms with Crippen LogP contribution in [-0.4, -0.2) is 11.8 Å². The third kappa shape index (κ3) is 2.23. The van der Waals surface area contributed by atoms with E-state index in [2.05, 4.69) is 0 Å². The Morgan fingerprint density at radius 1 is 1.80 bits per heavy atom. The third-order valence-corrected chi connectivity index (χ3v) is 1.30. The summed E-state index contributed by atoms with van der Waals surface area (Å²) in [6, 6.07) is 0. The fraction of sp³-hybridized carbons (Fsp3) is 0.286. The summed E-state index contributed by atoms with van der Waals surface area (Å²) in [5.74, 6) is 0. The molecule has 0 aromatic carbocycles. The van der Waals surface area contributed by atoms with Crippen molar-refractivity contribution in [2.75, 3.05) is 6.61 Å². The van der Waals surface area contributed by atoms with Crippen LogP contribution in [0.15, 0.2) is 24.0 Å². The van der Waals surface area contributed by atoms with E-state index >= 15 is 0 Å². The molecule has 54 valence electrons. The van der Waals surface area contributed by atoms with Gasteiger partial charge < -0.3 is 4.74 Å². The number of rotatable bonds is 2. The lowest BCUT2D eigenvalue weighted by atomic mass is 10.2. The van der Waals surface area contributed by atoms with Crippen molar-refractivity contribution < 1.29 is 9.53 Å². The Morgan fingerprint density at radius 3 is 3.10 bits per heavy atom. The van der Waals surface area contributed by atoms with Gasteiger partial charge in [-0.2, -0.15) is 0 Å². The van der Waals surface area contributed by atoms with Crippen molar-refractivity contribution in [3.05, 3.63) is 24.0 Å². The van der Waals surface area contributed by atoms with Crippen molar-refractivity contribution in [3.8, 4) is 0 Å². The molecule has 1 aliphatic rings. The van der Waals surface area contributed by atoms with E-state index in [9.17, 15) is 4.79 Å². The number of halogens is 1. The zero-order chi connectivity index (χ0) is 7.40. The minimum absolute atomic E-state index is 0.293. The highest BCUT2D eigenvalue weighted by molar-refractivity contribution is 6.63. The number of allylic oxidation sites excluding steroid dienone is 2. The van der Waals surface area contributed by atoms with Gasteiger partial charge in [-0.25, -0.2) is 0 Å². The third-order valence-electron chi connectivity index (χ3n) is 1.16. The van der Waals surface area contributed by atoms with E-state index in [1.165, 1.54) is 0 Å². The Kier molecular flexibility index (Phi) is 2.51. The summed E-state index contributed by atoms with van der Waals surface area (Å²) < 4.78 is 4.87. The lowest BCUT2D eigenvalue weighted by Gasteiger charge is -2.04. The Balaban J connectivity index is 2.48. The zero-order valence-electron chi connectivity index (χ0n) is 5.34. The van der Waals surface area contributed by atoms with E-state index in [1.54, 1.807) is 12.3 Å². The first-order chi connectivity index (χ1) is 4.79. The van der Waals surface area contributed by atoms with Crippen LogP contribution in [0.1, 0.15) is 6.42 Å². The summed E-state index contributed by atoms with van der Waals surface area (Å²) in [6.07, 6.45) is 5.43. The molecule has 0 aromatic heterocycles. The van der Waals surface area contributed by atoms with Gasteiger partial charge in [0.15, 0.2) is 0 Å². The minimum atomic E-state index is -0.335. The van der Waals surface area contributed by atoms with Crippen LogP contribution >= 0.6 is 11.6 Å². The highest BCUT2D eigenvalue weighted by Crippen LogP contribution is 2.09. The van der Waals surface area contributed by atoms with Crippen molar-refractivity contribution in [3.63, 3.8) is 0 Å². The first-order valence-corrected chi connectivity index (χ1v) is 3.32. The Bertz CT molecular complexity index is 194. The highest BCUT2D eigenvalue weighted by atomic mass is 35.5. The van der Waals surface area contributed by atoms with Crippen molar-refractivity contribution in [1.82, 2.24) is 0 Å². The van der Waals surface area contributed by atoms with Crippen molar-refractivity contribution in [1.29, 1.82) is 0 Å². The van der Waals surface area contributed by atoms with Crippen LogP contribution in [-0.2, 0) is 9.53 Å². The van der Waals surface area contributed by atoms with Gasteiger partial charge in [0.1, 0.15) is 6.61 Å². The average molecular weight is 159 g/mol. The van der Waals surface area contributed by atoms with Crippen LogP contribution in [0, 0.1) is 0 Å². The molecular formula is C7H7ClO2. The van der Waals surface area contributed by atoms with Gasteiger partial charge in [-0.15, -0.1) is 0 Å². The first kappa shape index (κ1) is 7.35. The van der Waals surface area contributed by atoms with Gasteiger partial charge in [0.05, 0.1) is 6.26 Å². The maximum absolute atomic E-state index is 10.4. The molecule has 0 spiro atoms. The Morgan fingerprint density at radius 2 is 2.60 bits per heavy atom. The quantitative estimate of drug-likeness (QED) is 0.571. The number of ether oxygens (including phenoxy) is 1. The fourth-order valence-corrected chi connectivity index (χ4v) is 0.860. The number of hydrogen-bond acceptors (Lipinski definition) is 2. The van der Waals surface area contributed by atoms with Gasteiger partial charge in [0.25, 0.3) is 0 Å². The Hall–Kier alpha value is -0.760. The van der Waals surface area contributed by atoms with E-state index in [1.807, 2.05) is 6.08 Å². The number of carbonyl (C=O) groups excluding carboxylic acids is 1. The van der Waals surface area contributed by atoms with E-state index in [0.717, 1.165) is 5.57 Å². The molecule has 3 heteroatoms. The molecule has 0 fully saturated rings. The van der Waals surface area contributed by atoms with Crippen LogP contribution in [0.25, 0.3) is 0 Å². The van der Waals surface area contributed by atoms with Crippen LogP contribution in [0.2, 0.25) is 0 Å². The molecule has 1 heterocycles. The predicted molar refractivity (Wildman–Crippen MR) is 38.7 cm³/mol. The van der Waals surface area contributed by atoms with Crippen molar-refractivity contribution in [2.24, 2.45) is 0 Å². The molecule has 0 saturated heterocycles. The summed E-state index contributed by atoms with van der Waals surface area (Å²) in [4.78, 5) is 10.4. The van der Waals surface area contributed by atoms with Crippen molar-refractivity contribution >= 4 is 16.8 Å². The lowest BCUT2D eigenvalue weighted by molar-refractivity contribution is -0.111. The second-order valence-corrected chi connectivity index (χ2v) is 2.37. The molecule has 0 aliphatic carbocycles. The van der Waals surface area contributed by atoms with E-state index in [4.69, 9.17) is 16.3 Å². The van der Waals surface area contributed by atoms with E-state index in [-0.39, 0.29) is 5.24 Å². The van der Waals surface area contributed by atoms with Crippen LogP contribution in [0.4, 0.5) is 0 Å². The van der Waals surface area contributed by atoms with Crippen LogP contribution < -0.4 is 0 Å². The molecule has 10 heavy (non-hydrogen) atoms. The molecule has 0 unspecified atom stereocenters. The SMILES string of the molecule is O=C(Cl)CC1=CCOC=C1. The second-order valence-electron chi connectivity index (χ2n) is 1.95. The molecule has 1 aliphatic heterocycles. The zero-order valence-corrected chi connectivity index (χ0v) is 6.10. The maximum atomic E-state index is 10.4. The Labute approximate surface area is 64.1 Å². The van der Waals surface area contributed by atoms with Gasteiger partial charge in [0.2, 0.25) is 5.24 Å². The van der Waals surface area contributed by atoms with Gasteiger partial charge in [-0.1, -0.05) is 0 Å². The summed E-state index contributed by atoms with van der Waals surface area (Å²) in [7, 11) is 0. The van der Waals surface area contributed by atoms with Gasteiger partial charge in [-0.05, 0) is 29.3 Å². The number of hydrogen-bond donors (Lipinski definition) is 0. The topological polar surface area (TPSA) is 26.3 Å². The lowest BCUT2D eigenvalue weighted by Crippen LogP contribution is -1.95. The summed E-state index contributed by atoms with van der Waals surface area (Å²) in [5, 5.41) is -0.335. The molecule has 0 aromatic rings. The van der Waals surface area contributed by atoms with Gasteiger partial charge >= 0.3 is 0 Å². The molecular weight excluding hydrogens is 152 g/mol. The van der Waals surface area contributed by atoms with Gasteiger partial charge in [-0.3, -0.25) is 4.79 Å². The largest absolute Gasteiger partial charge is 0.497 e. The molecule has 0 bridgehead atoms. The molecule has 0 amide bonds. The first-order valence-electron chi connectivity index (χ1n) is 2.94. The molecule has 0 N–H and O–H groups in total. The molecule has 2 nitrogen and oxygen atoms in total. The predicted octanol–water partition coefficient (Wildman–Crippen LogP) is 1.61. The summed E-state index contributed by atoms with van der Waals surface area (Å²) in [5.41, 5.74) is 0.922. The van der Waals surface area contributed by atoms with Gasteiger partial charge in [0, 0.05) is 6.42 Å². The van der Waals surface area contributed by atoms with Crippen molar-refractivity contribution in [2.45, 2.75) is 6.42 Å². The minimum Gasteiger partial charge on any atom is -0.497 e. The molecule has 0 saturated carbocycles. The highest BCUT2D eigenvalue weighted by Gasteiger charge is 2.01. The smallest absolute Gasteiger partial charge is 0.226 e. The molecule has 1 rings (SSSR count). The monoisotopic (exact) mass is 158 g/mol. The average Bonchev–Trinajstić information content (AvgIpc) is 1.88. The maximum Gasteiger partial charge on any atom is 0.226 e. The van der Waals surface area contributed by atoms with E-state index in [0.29, 0.717) is 13.0 Å². The summed E-state index contributed by atoms with van der Waals surface area (Å²) >= 11 is 5.16. The number of carbonyl (C=O) groups is 1. The molecule has 0 atom stereocenters. The van der Waals surface area contributed by atoms with E-state index < -0.39 is 0 Å². The fourth-order valence-electron chi connectivity index (χ4n) is 0.706. The van der Waals surface area contributed by atoms with Crippen LogP contribution in [0.3, 0.4) is 0 Å². The normalized spacial score (nSPS) is 15.9. The van der Waals surface area contributed by atoms with Crippen LogP contribution in [0.5, 0.6) is 0 Å².